The number of nitrogens with zero attached hydrogens (tertiary/aromatic N) is 1. The van der Waals surface area contributed by atoms with Gasteiger partial charge in [-0.2, -0.15) is 0 Å². The Morgan fingerprint density at radius 2 is 1.94 bits per heavy atom. The molecule has 0 aromatic rings. The van der Waals surface area contributed by atoms with Crippen LogP contribution < -0.4 is 5.32 Å². The Hall–Kier alpha value is -1.31. The maximum atomic E-state index is 11.9. The van der Waals surface area contributed by atoms with Gasteiger partial charge in [0.25, 0.3) is 0 Å². The quantitative estimate of drug-likeness (QED) is 0.720. The van der Waals surface area contributed by atoms with Crippen molar-refractivity contribution in [2.45, 2.75) is 32.4 Å². The Labute approximate surface area is 106 Å². The van der Waals surface area contributed by atoms with Gasteiger partial charge < -0.3 is 15.3 Å². The lowest BCUT2D eigenvalue weighted by Crippen LogP contribution is -2.59. The van der Waals surface area contributed by atoms with E-state index in [1.54, 1.807) is 6.92 Å². The van der Waals surface area contributed by atoms with E-state index < -0.39 is 33.4 Å². The SMILES string of the molecule is CC1CS(=O)(=O)CCN1C(=O)NC(C)(C)C(=O)O. The maximum Gasteiger partial charge on any atom is 0.328 e. The summed E-state index contributed by atoms with van der Waals surface area (Å²) in [7, 11) is -3.10. The van der Waals surface area contributed by atoms with E-state index in [-0.39, 0.29) is 18.1 Å². The Morgan fingerprint density at radius 3 is 2.39 bits per heavy atom. The summed E-state index contributed by atoms with van der Waals surface area (Å²) in [4.78, 5) is 24.1. The van der Waals surface area contributed by atoms with Gasteiger partial charge in [0.1, 0.15) is 5.54 Å². The normalized spacial score (nSPS) is 23.5. The smallest absolute Gasteiger partial charge is 0.328 e. The molecule has 1 aliphatic rings. The highest BCUT2D eigenvalue weighted by atomic mass is 32.2. The zero-order valence-electron chi connectivity index (χ0n) is 10.6. The van der Waals surface area contributed by atoms with Crippen molar-refractivity contribution in [3.63, 3.8) is 0 Å². The summed E-state index contributed by atoms with van der Waals surface area (Å²) in [6.45, 7) is 4.46. The molecule has 8 heteroatoms. The first-order chi connectivity index (χ1) is 8.05. The number of urea groups is 1. The van der Waals surface area contributed by atoms with Gasteiger partial charge in [0.15, 0.2) is 9.84 Å². The number of hydrogen-bond acceptors (Lipinski definition) is 4. The second kappa shape index (κ2) is 4.75. The number of amides is 2. The predicted molar refractivity (Wildman–Crippen MR) is 65.1 cm³/mol. The van der Waals surface area contributed by atoms with Crippen LogP contribution in [0.1, 0.15) is 20.8 Å². The van der Waals surface area contributed by atoms with E-state index in [9.17, 15) is 18.0 Å². The van der Waals surface area contributed by atoms with Crippen molar-refractivity contribution in [3.05, 3.63) is 0 Å². The number of nitrogens with one attached hydrogen (secondary N) is 1. The zero-order chi connectivity index (χ0) is 14.1. The molecule has 1 atom stereocenters. The van der Waals surface area contributed by atoms with Gasteiger partial charge in [0.2, 0.25) is 0 Å². The summed E-state index contributed by atoms with van der Waals surface area (Å²) >= 11 is 0. The number of carbonyl (C=O) groups excluding carboxylic acids is 1. The van der Waals surface area contributed by atoms with E-state index in [1.807, 2.05) is 0 Å². The first-order valence-corrected chi connectivity index (χ1v) is 7.40. The Kier molecular flexibility index (Phi) is 3.89. The summed E-state index contributed by atoms with van der Waals surface area (Å²) in [5, 5.41) is 11.3. The zero-order valence-corrected chi connectivity index (χ0v) is 11.5. The van der Waals surface area contributed by atoms with Gasteiger partial charge in [-0.05, 0) is 20.8 Å². The maximum absolute atomic E-state index is 11.9. The molecule has 1 rings (SSSR count). The lowest BCUT2D eigenvalue weighted by Gasteiger charge is -2.35. The van der Waals surface area contributed by atoms with Crippen LogP contribution in [-0.2, 0) is 14.6 Å². The van der Waals surface area contributed by atoms with Crippen molar-refractivity contribution in [1.29, 1.82) is 0 Å². The van der Waals surface area contributed by atoms with Crippen LogP contribution in [0.5, 0.6) is 0 Å². The Morgan fingerprint density at radius 1 is 1.39 bits per heavy atom. The highest BCUT2D eigenvalue weighted by molar-refractivity contribution is 7.91. The van der Waals surface area contributed by atoms with Crippen molar-refractivity contribution in [2.24, 2.45) is 0 Å². The van der Waals surface area contributed by atoms with Crippen LogP contribution in [-0.4, -0.2) is 60.1 Å². The monoisotopic (exact) mass is 278 g/mol. The Balaban J connectivity index is 2.72. The molecule has 1 saturated heterocycles. The average Bonchev–Trinajstić information content (AvgIpc) is 2.14. The Bertz CT molecular complexity index is 457. The topological polar surface area (TPSA) is 104 Å². The van der Waals surface area contributed by atoms with Crippen molar-refractivity contribution in [1.82, 2.24) is 10.2 Å². The van der Waals surface area contributed by atoms with Crippen LogP contribution in [0.2, 0.25) is 0 Å². The second-order valence-electron chi connectivity index (χ2n) is 5.02. The summed E-state index contributed by atoms with van der Waals surface area (Å²) in [6, 6.07) is -1.00. The molecule has 104 valence electrons. The van der Waals surface area contributed by atoms with Gasteiger partial charge in [0.05, 0.1) is 11.5 Å². The van der Waals surface area contributed by atoms with Crippen LogP contribution in [0.4, 0.5) is 4.79 Å². The van der Waals surface area contributed by atoms with Crippen molar-refractivity contribution < 1.29 is 23.1 Å². The minimum absolute atomic E-state index is 0.0851. The molecule has 18 heavy (non-hydrogen) atoms. The third kappa shape index (κ3) is 3.34. The summed E-state index contributed by atoms with van der Waals surface area (Å²) in [5.41, 5.74) is -1.38. The summed E-state index contributed by atoms with van der Waals surface area (Å²) in [5.74, 6) is -1.32. The first kappa shape index (κ1) is 14.7. The highest BCUT2D eigenvalue weighted by Gasteiger charge is 2.35. The molecule has 7 nitrogen and oxygen atoms in total. The fourth-order valence-electron chi connectivity index (χ4n) is 1.69. The number of rotatable bonds is 2. The van der Waals surface area contributed by atoms with E-state index in [4.69, 9.17) is 5.11 Å². The molecule has 0 bridgehead atoms. The number of carboxylic acids is 1. The van der Waals surface area contributed by atoms with Gasteiger partial charge in [0, 0.05) is 12.6 Å². The van der Waals surface area contributed by atoms with E-state index >= 15 is 0 Å². The van der Waals surface area contributed by atoms with E-state index in [0.29, 0.717) is 0 Å². The number of aliphatic carboxylic acids is 1. The molecule has 0 aromatic heterocycles. The molecule has 1 fully saturated rings. The third-order valence-corrected chi connectivity index (χ3v) is 4.68. The van der Waals surface area contributed by atoms with Gasteiger partial charge in [-0.1, -0.05) is 0 Å². The van der Waals surface area contributed by atoms with Crippen LogP contribution in [0.15, 0.2) is 0 Å². The number of carboxylic acid groups (broad SMARTS) is 1. The van der Waals surface area contributed by atoms with E-state index in [2.05, 4.69) is 5.32 Å². The van der Waals surface area contributed by atoms with E-state index in [1.165, 1.54) is 18.7 Å². The molecule has 0 aliphatic carbocycles. The van der Waals surface area contributed by atoms with Crippen molar-refractivity contribution in [2.75, 3.05) is 18.1 Å². The van der Waals surface area contributed by atoms with Gasteiger partial charge in [-0.25, -0.2) is 18.0 Å². The second-order valence-corrected chi connectivity index (χ2v) is 7.25. The van der Waals surface area contributed by atoms with Crippen LogP contribution in [0.25, 0.3) is 0 Å². The number of hydrogen-bond donors (Lipinski definition) is 2. The molecule has 2 N–H and O–H groups in total. The molecule has 0 saturated carbocycles. The van der Waals surface area contributed by atoms with Crippen molar-refractivity contribution >= 4 is 21.8 Å². The van der Waals surface area contributed by atoms with Crippen LogP contribution in [0, 0.1) is 0 Å². The third-order valence-electron chi connectivity index (χ3n) is 2.89. The minimum Gasteiger partial charge on any atom is -0.480 e. The summed E-state index contributed by atoms with van der Waals surface area (Å²) in [6.07, 6.45) is 0. The fourth-order valence-corrected chi connectivity index (χ4v) is 3.25. The number of sulfone groups is 1. The molecule has 2 amide bonds. The largest absolute Gasteiger partial charge is 0.480 e. The highest BCUT2D eigenvalue weighted by Crippen LogP contribution is 2.13. The minimum atomic E-state index is -3.10. The lowest BCUT2D eigenvalue weighted by molar-refractivity contribution is -0.143. The fraction of sp³-hybridized carbons (Fsp3) is 0.800. The molecule has 1 unspecified atom stereocenters. The van der Waals surface area contributed by atoms with Crippen molar-refractivity contribution in [3.8, 4) is 0 Å². The standard InChI is InChI=1S/C10H18N2O5S/c1-7-6-18(16,17)5-4-12(7)9(15)11-10(2,3)8(13)14/h7H,4-6H2,1-3H3,(H,11,15)(H,13,14). The van der Waals surface area contributed by atoms with Crippen LogP contribution >= 0.6 is 0 Å². The van der Waals surface area contributed by atoms with Gasteiger partial charge >= 0.3 is 12.0 Å². The molecule has 0 spiro atoms. The van der Waals surface area contributed by atoms with E-state index in [0.717, 1.165) is 0 Å². The molecule has 1 heterocycles. The molecule has 0 radical (unpaired) electrons. The predicted octanol–water partition coefficient (Wildman–Crippen LogP) is -0.322. The van der Waals surface area contributed by atoms with Gasteiger partial charge in [-0.15, -0.1) is 0 Å². The lowest BCUT2D eigenvalue weighted by atomic mass is 10.1. The summed E-state index contributed by atoms with van der Waals surface area (Å²) < 4.78 is 22.7. The molecular formula is C10H18N2O5S. The molecule has 1 aliphatic heterocycles. The average molecular weight is 278 g/mol. The number of carbonyl (C=O) groups is 2. The van der Waals surface area contributed by atoms with Crippen LogP contribution in [0.3, 0.4) is 0 Å². The molecule has 0 aromatic carbocycles. The van der Waals surface area contributed by atoms with Gasteiger partial charge in [-0.3, -0.25) is 0 Å². The molecular weight excluding hydrogens is 260 g/mol. The first-order valence-electron chi connectivity index (χ1n) is 5.58.